The third-order valence-electron chi connectivity index (χ3n) is 3.36. The summed E-state index contributed by atoms with van der Waals surface area (Å²) in [5.41, 5.74) is 3.83. The summed E-state index contributed by atoms with van der Waals surface area (Å²) in [6, 6.07) is 8.23. The van der Waals surface area contributed by atoms with Gasteiger partial charge in [0.15, 0.2) is 11.5 Å². The molecular formula is C18H20N4O4. The van der Waals surface area contributed by atoms with Crippen LogP contribution in [0, 0.1) is 0 Å². The molecule has 2 rings (SSSR count). The molecular weight excluding hydrogens is 336 g/mol. The van der Waals surface area contributed by atoms with E-state index in [-0.39, 0.29) is 12.3 Å². The lowest BCUT2D eigenvalue weighted by molar-refractivity contribution is -0.115. The fourth-order valence-electron chi connectivity index (χ4n) is 2.10. The Balaban J connectivity index is 1.93. The highest BCUT2D eigenvalue weighted by Gasteiger charge is 2.11. The number of amides is 2. The van der Waals surface area contributed by atoms with Gasteiger partial charge >= 0.3 is 0 Å². The van der Waals surface area contributed by atoms with Crippen molar-refractivity contribution in [1.82, 2.24) is 10.4 Å². The van der Waals surface area contributed by atoms with Gasteiger partial charge in [-0.25, -0.2) is 5.43 Å². The third-order valence-corrected chi connectivity index (χ3v) is 3.36. The number of ether oxygens (including phenoxy) is 2. The fourth-order valence-corrected chi connectivity index (χ4v) is 2.10. The Morgan fingerprint density at radius 3 is 2.58 bits per heavy atom. The first-order valence-corrected chi connectivity index (χ1v) is 7.79. The maximum atomic E-state index is 12.2. The van der Waals surface area contributed by atoms with Crippen molar-refractivity contribution in [2.24, 2.45) is 5.10 Å². The molecule has 0 atom stereocenters. The van der Waals surface area contributed by atoms with E-state index in [1.54, 1.807) is 49.6 Å². The van der Waals surface area contributed by atoms with Crippen LogP contribution >= 0.6 is 0 Å². The summed E-state index contributed by atoms with van der Waals surface area (Å²) < 4.78 is 10.3. The van der Waals surface area contributed by atoms with E-state index in [4.69, 9.17) is 9.47 Å². The van der Waals surface area contributed by atoms with Crippen LogP contribution in [0.3, 0.4) is 0 Å². The van der Waals surface area contributed by atoms with Crippen molar-refractivity contribution in [2.75, 3.05) is 19.5 Å². The van der Waals surface area contributed by atoms with Gasteiger partial charge in [0.25, 0.3) is 5.91 Å². The summed E-state index contributed by atoms with van der Waals surface area (Å²) in [7, 11) is 3.00. The number of nitrogens with zero attached hydrogens (tertiary/aromatic N) is 2. The summed E-state index contributed by atoms with van der Waals surface area (Å²) in [5, 5.41) is 6.64. The summed E-state index contributed by atoms with van der Waals surface area (Å²) in [6.07, 6.45) is 3.20. The molecule has 136 valence electrons. The third kappa shape index (κ3) is 5.30. The molecule has 1 heterocycles. The van der Waals surface area contributed by atoms with Crippen LogP contribution in [0.2, 0.25) is 0 Å². The normalized spacial score (nSPS) is 10.8. The number of carbonyl (C=O) groups excluding carboxylic acids is 2. The van der Waals surface area contributed by atoms with Crippen molar-refractivity contribution in [3.8, 4) is 11.5 Å². The standard InChI is InChI=1S/C18H20N4O4/c1-12(9-17(23)20-14-5-4-8-19-11-14)21-22-18(24)13-6-7-15(25-2)16(10-13)26-3/h4-8,10-11H,9H2,1-3H3,(H,20,23)(H,22,24)/b21-12+. The lowest BCUT2D eigenvalue weighted by atomic mass is 10.2. The summed E-state index contributed by atoms with van der Waals surface area (Å²) >= 11 is 0. The minimum Gasteiger partial charge on any atom is -0.493 e. The van der Waals surface area contributed by atoms with E-state index in [9.17, 15) is 9.59 Å². The Hall–Kier alpha value is -3.42. The average molecular weight is 356 g/mol. The fraction of sp³-hybridized carbons (Fsp3) is 0.222. The van der Waals surface area contributed by atoms with E-state index in [1.165, 1.54) is 14.2 Å². The van der Waals surface area contributed by atoms with Gasteiger partial charge in [0.1, 0.15) is 0 Å². The molecule has 8 heteroatoms. The molecule has 0 fully saturated rings. The Bertz CT molecular complexity index is 806. The second-order valence-electron chi connectivity index (χ2n) is 5.32. The first kappa shape index (κ1) is 18.9. The van der Waals surface area contributed by atoms with Crippen LogP contribution in [0.1, 0.15) is 23.7 Å². The number of aromatic nitrogens is 1. The minimum absolute atomic E-state index is 0.0428. The van der Waals surface area contributed by atoms with Gasteiger partial charge in [0.2, 0.25) is 5.91 Å². The van der Waals surface area contributed by atoms with E-state index in [2.05, 4.69) is 20.8 Å². The van der Waals surface area contributed by atoms with Crippen molar-refractivity contribution in [3.63, 3.8) is 0 Å². The first-order valence-electron chi connectivity index (χ1n) is 7.79. The molecule has 0 saturated heterocycles. The molecule has 8 nitrogen and oxygen atoms in total. The number of hydrogen-bond donors (Lipinski definition) is 2. The van der Waals surface area contributed by atoms with Gasteiger partial charge in [-0.05, 0) is 37.3 Å². The largest absolute Gasteiger partial charge is 0.493 e. The number of hydrogen-bond acceptors (Lipinski definition) is 6. The van der Waals surface area contributed by atoms with Gasteiger partial charge in [-0.3, -0.25) is 14.6 Å². The predicted molar refractivity (Wildman–Crippen MR) is 97.6 cm³/mol. The molecule has 2 amide bonds. The molecule has 2 N–H and O–H groups in total. The number of benzene rings is 1. The van der Waals surface area contributed by atoms with E-state index in [1.807, 2.05) is 0 Å². The lowest BCUT2D eigenvalue weighted by Gasteiger charge is -2.09. The number of hydrazone groups is 1. The van der Waals surface area contributed by atoms with Crippen molar-refractivity contribution >= 4 is 23.2 Å². The molecule has 0 saturated carbocycles. The number of rotatable bonds is 7. The second kappa shape index (κ2) is 9.16. The second-order valence-corrected chi connectivity index (χ2v) is 5.32. The number of anilines is 1. The van der Waals surface area contributed by atoms with Gasteiger partial charge in [-0.15, -0.1) is 0 Å². The van der Waals surface area contributed by atoms with E-state index in [0.717, 1.165) is 0 Å². The van der Waals surface area contributed by atoms with Gasteiger partial charge in [-0.1, -0.05) is 0 Å². The molecule has 1 aromatic heterocycles. The zero-order valence-electron chi connectivity index (χ0n) is 14.8. The Morgan fingerprint density at radius 2 is 1.92 bits per heavy atom. The molecule has 0 radical (unpaired) electrons. The van der Waals surface area contributed by atoms with E-state index in [0.29, 0.717) is 28.5 Å². The van der Waals surface area contributed by atoms with Crippen molar-refractivity contribution in [1.29, 1.82) is 0 Å². The van der Waals surface area contributed by atoms with Crippen molar-refractivity contribution in [3.05, 3.63) is 48.3 Å². The van der Waals surface area contributed by atoms with Gasteiger partial charge in [0, 0.05) is 17.5 Å². The van der Waals surface area contributed by atoms with Gasteiger partial charge < -0.3 is 14.8 Å². The monoisotopic (exact) mass is 356 g/mol. The van der Waals surface area contributed by atoms with Crippen molar-refractivity contribution in [2.45, 2.75) is 13.3 Å². The number of methoxy groups -OCH3 is 2. The molecule has 0 unspecified atom stereocenters. The van der Waals surface area contributed by atoms with Gasteiger partial charge in [0.05, 0.1) is 32.5 Å². The summed E-state index contributed by atoms with van der Waals surface area (Å²) in [4.78, 5) is 28.0. The van der Waals surface area contributed by atoms with E-state index >= 15 is 0 Å². The molecule has 0 bridgehead atoms. The summed E-state index contributed by atoms with van der Waals surface area (Å²) in [5.74, 6) is 0.296. The smallest absolute Gasteiger partial charge is 0.271 e. The maximum absolute atomic E-state index is 12.2. The quantitative estimate of drug-likeness (QED) is 0.585. The average Bonchev–Trinajstić information content (AvgIpc) is 2.66. The minimum atomic E-state index is -0.419. The van der Waals surface area contributed by atoms with Crippen LogP contribution in [0.5, 0.6) is 11.5 Å². The number of nitrogens with one attached hydrogen (secondary N) is 2. The van der Waals surface area contributed by atoms with Crippen LogP contribution in [-0.2, 0) is 4.79 Å². The number of pyridine rings is 1. The van der Waals surface area contributed by atoms with Crippen LogP contribution in [0.15, 0.2) is 47.8 Å². The lowest BCUT2D eigenvalue weighted by Crippen LogP contribution is -2.21. The zero-order valence-corrected chi connectivity index (χ0v) is 14.8. The van der Waals surface area contributed by atoms with Crippen LogP contribution in [0.4, 0.5) is 5.69 Å². The molecule has 2 aromatic rings. The highest BCUT2D eigenvalue weighted by molar-refractivity contribution is 6.06. The van der Waals surface area contributed by atoms with Crippen LogP contribution < -0.4 is 20.2 Å². The van der Waals surface area contributed by atoms with E-state index < -0.39 is 5.91 Å². The molecule has 1 aromatic carbocycles. The maximum Gasteiger partial charge on any atom is 0.271 e. The molecule has 0 aliphatic carbocycles. The number of carbonyl (C=O) groups is 2. The highest BCUT2D eigenvalue weighted by Crippen LogP contribution is 2.27. The Labute approximate surface area is 151 Å². The molecule has 0 aliphatic rings. The molecule has 0 spiro atoms. The summed E-state index contributed by atoms with van der Waals surface area (Å²) in [6.45, 7) is 1.65. The van der Waals surface area contributed by atoms with Crippen molar-refractivity contribution < 1.29 is 19.1 Å². The predicted octanol–water partition coefficient (Wildman–Crippen LogP) is 2.23. The van der Waals surface area contributed by atoms with Crippen LogP contribution in [0.25, 0.3) is 0 Å². The topological polar surface area (TPSA) is 102 Å². The molecule has 0 aliphatic heterocycles. The Morgan fingerprint density at radius 1 is 1.15 bits per heavy atom. The first-order chi connectivity index (χ1) is 12.5. The highest BCUT2D eigenvalue weighted by atomic mass is 16.5. The van der Waals surface area contributed by atoms with Crippen LogP contribution in [-0.4, -0.2) is 36.7 Å². The SMILES string of the molecule is COc1ccc(C(=O)N/N=C(\C)CC(=O)Nc2cccnc2)cc1OC. The Kier molecular flexibility index (Phi) is 6.67. The molecule has 26 heavy (non-hydrogen) atoms. The zero-order chi connectivity index (χ0) is 18.9. The van der Waals surface area contributed by atoms with Gasteiger partial charge in [-0.2, -0.15) is 5.10 Å².